The maximum Gasteiger partial charge on any atom is 0.230 e. The van der Waals surface area contributed by atoms with Crippen molar-refractivity contribution < 1.29 is 13.5 Å². The second-order valence-electron chi connectivity index (χ2n) is 7.08. The first-order chi connectivity index (χ1) is 14.5. The van der Waals surface area contributed by atoms with E-state index in [0.29, 0.717) is 25.4 Å². The van der Waals surface area contributed by atoms with E-state index < -0.39 is 11.6 Å². The average Bonchev–Trinajstić information content (AvgIpc) is 2.75. The van der Waals surface area contributed by atoms with E-state index in [2.05, 4.69) is 25.3 Å². The summed E-state index contributed by atoms with van der Waals surface area (Å²) >= 11 is 0. The van der Waals surface area contributed by atoms with Crippen LogP contribution in [0, 0.1) is 11.6 Å². The SMILES string of the molecule is CC(C)N1CCOc2c(F)cc(-c3nc(Nc4ncc(CN)cn4)ncc3F)cc21. The van der Waals surface area contributed by atoms with Gasteiger partial charge in [0.2, 0.25) is 11.9 Å². The van der Waals surface area contributed by atoms with E-state index in [9.17, 15) is 8.78 Å². The fourth-order valence-corrected chi connectivity index (χ4v) is 3.23. The molecule has 0 saturated carbocycles. The van der Waals surface area contributed by atoms with Gasteiger partial charge in [-0.05, 0) is 26.0 Å². The maximum absolute atomic E-state index is 14.7. The lowest BCUT2D eigenvalue weighted by Crippen LogP contribution is -2.38. The molecular weight excluding hydrogens is 392 g/mol. The van der Waals surface area contributed by atoms with Gasteiger partial charge in [-0.2, -0.15) is 0 Å². The molecule has 2 aromatic heterocycles. The molecule has 0 radical (unpaired) electrons. The second kappa shape index (κ2) is 8.15. The van der Waals surface area contributed by atoms with Gasteiger partial charge in [-0.3, -0.25) is 5.32 Å². The Hall–Kier alpha value is -3.40. The molecule has 3 aromatic rings. The molecule has 0 saturated heterocycles. The predicted molar refractivity (Wildman–Crippen MR) is 109 cm³/mol. The number of hydrogen-bond acceptors (Lipinski definition) is 8. The molecule has 1 aliphatic heterocycles. The molecule has 1 aromatic carbocycles. The average molecular weight is 413 g/mol. The molecule has 0 atom stereocenters. The van der Waals surface area contributed by atoms with E-state index in [1.165, 1.54) is 6.07 Å². The van der Waals surface area contributed by atoms with Gasteiger partial charge in [0, 0.05) is 36.1 Å². The minimum atomic E-state index is -0.674. The van der Waals surface area contributed by atoms with Crippen LogP contribution >= 0.6 is 0 Å². The Morgan fingerprint density at radius 3 is 2.53 bits per heavy atom. The number of fused-ring (bicyclic) bond motifs is 1. The quantitative estimate of drug-likeness (QED) is 0.658. The number of hydrogen-bond donors (Lipinski definition) is 2. The zero-order valence-electron chi connectivity index (χ0n) is 16.6. The van der Waals surface area contributed by atoms with Crippen LogP contribution in [-0.2, 0) is 6.54 Å². The first-order valence-electron chi connectivity index (χ1n) is 9.50. The highest BCUT2D eigenvalue weighted by Crippen LogP contribution is 2.39. The number of ether oxygens (including phenoxy) is 1. The molecule has 0 spiro atoms. The number of rotatable bonds is 5. The molecule has 0 bridgehead atoms. The van der Waals surface area contributed by atoms with Crippen LogP contribution < -0.4 is 20.7 Å². The lowest BCUT2D eigenvalue weighted by Gasteiger charge is -2.34. The summed E-state index contributed by atoms with van der Waals surface area (Å²) in [5.74, 6) is -0.754. The number of nitrogens with two attached hydrogens (primary N) is 1. The molecule has 0 aliphatic carbocycles. The summed E-state index contributed by atoms with van der Waals surface area (Å²) in [7, 11) is 0. The van der Waals surface area contributed by atoms with Gasteiger partial charge < -0.3 is 15.4 Å². The summed E-state index contributed by atoms with van der Waals surface area (Å²) in [5.41, 5.74) is 7.11. The monoisotopic (exact) mass is 413 g/mol. The van der Waals surface area contributed by atoms with E-state index in [1.54, 1.807) is 18.5 Å². The van der Waals surface area contributed by atoms with Crippen molar-refractivity contribution in [1.82, 2.24) is 19.9 Å². The van der Waals surface area contributed by atoms with Gasteiger partial charge in [0.05, 0.1) is 18.4 Å². The van der Waals surface area contributed by atoms with Gasteiger partial charge in [-0.15, -0.1) is 0 Å². The van der Waals surface area contributed by atoms with Crippen molar-refractivity contribution in [2.45, 2.75) is 26.4 Å². The van der Waals surface area contributed by atoms with Crippen molar-refractivity contribution >= 4 is 17.6 Å². The Kier molecular flexibility index (Phi) is 5.40. The molecule has 1 aliphatic rings. The van der Waals surface area contributed by atoms with Crippen LogP contribution in [0.1, 0.15) is 19.4 Å². The van der Waals surface area contributed by atoms with Crippen LogP contribution in [0.15, 0.2) is 30.7 Å². The number of halogens is 2. The zero-order chi connectivity index (χ0) is 21.3. The predicted octanol–water partition coefficient (Wildman–Crippen LogP) is 3.02. The molecule has 3 N–H and O–H groups in total. The minimum absolute atomic E-state index is 0.0398. The summed E-state index contributed by atoms with van der Waals surface area (Å²) in [4.78, 5) is 18.4. The Bertz CT molecular complexity index is 1060. The first-order valence-corrected chi connectivity index (χ1v) is 9.50. The topological polar surface area (TPSA) is 102 Å². The van der Waals surface area contributed by atoms with Crippen molar-refractivity contribution in [3.05, 3.63) is 47.9 Å². The van der Waals surface area contributed by atoms with E-state index in [0.717, 1.165) is 11.8 Å². The standard InChI is InChI=1S/C20H21F2N7O/c1-11(2)29-3-4-30-18-14(21)5-13(6-16(18)29)17-15(22)10-26-20(27-17)28-19-24-8-12(7-23)9-25-19/h5-6,8-11H,3-4,7,23H2,1-2H3,(H,24,25,26,27,28). The van der Waals surface area contributed by atoms with Gasteiger partial charge >= 0.3 is 0 Å². The van der Waals surface area contributed by atoms with Gasteiger partial charge in [-0.25, -0.2) is 28.7 Å². The largest absolute Gasteiger partial charge is 0.486 e. The van der Waals surface area contributed by atoms with Crippen LogP contribution in [0.2, 0.25) is 0 Å². The van der Waals surface area contributed by atoms with Crippen molar-refractivity contribution in [2.75, 3.05) is 23.4 Å². The summed E-state index contributed by atoms with van der Waals surface area (Å²) in [5, 5.41) is 2.82. The van der Waals surface area contributed by atoms with Crippen LogP contribution in [-0.4, -0.2) is 39.1 Å². The summed E-state index contributed by atoms with van der Waals surface area (Å²) < 4.78 is 34.8. The molecule has 30 heavy (non-hydrogen) atoms. The highest BCUT2D eigenvalue weighted by molar-refractivity contribution is 5.73. The Balaban J connectivity index is 1.71. The number of aromatic nitrogens is 4. The van der Waals surface area contributed by atoms with Gasteiger partial charge in [0.1, 0.15) is 12.3 Å². The second-order valence-corrected chi connectivity index (χ2v) is 7.08. The van der Waals surface area contributed by atoms with E-state index in [4.69, 9.17) is 10.5 Å². The fourth-order valence-electron chi connectivity index (χ4n) is 3.23. The minimum Gasteiger partial charge on any atom is -0.486 e. The van der Waals surface area contributed by atoms with Crippen molar-refractivity contribution in [3.63, 3.8) is 0 Å². The molecular formula is C20H21F2N7O. The molecule has 3 heterocycles. The molecule has 0 amide bonds. The van der Waals surface area contributed by atoms with E-state index in [-0.39, 0.29) is 34.9 Å². The van der Waals surface area contributed by atoms with Gasteiger partial charge in [0.25, 0.3) is 0 Å². The zero-order valence-corrected chi connectivity index (χ0v) is 16.6. The number of nitrogens with zero attached hydrogens (tertiary/aromatic N) is 5. The molecule has 4 rings (SSSR count). The molecule has 156 valence electrons. The number of benzene rings is 1. The lowest BCUT2D eigenvalue weighted by atomic mass is 10.1. The maximum atomic E-state index is 14.7. The molecule has 10 heteroatoms. The summed E-state index contributed by atoms with van der Waals surface area (Å²) in [6.45, 7) is 5.33. The third kappa shape index (κ3) is 3.86. The smallest absolute Gasteiger partial charge is 0.230 e. The highest BCUT2D eigenvalue weighted by Gasteiger charge is 2.25. The van der Waals surface area contributed by atoms with Crippen LogP contribution in [0.4, 0.5) is 26.4 Å². The Morgan fingerprint density at radius 1 is 1.10 bits per heavy atom. The normalized spacial score (nSPS) is 13.2. The number of nitrogens with one attached hydrogen (secondary N) is 1. The first kappa shape index (κ1) is 19.9. The fraction of sp³-hybridized carbons (Fsp3) is 0.300. The lowest BCUT2D eigenvalue weighted by molar-refractivity contribution is 0.287. The van der Waals surface area contributed by atoms with Gasteiger partial charge in [-0.1, -0.05) is 0 Å². The molecule has 8 nitrogen and oxygen atoms in total. The molecule has 0 unspecified atom stereocenters. The van der Waals surface area contributed by atoms with Gasteiger partial charge in [0.15, 0.2) is 17.4 Å². The van der Waals surface area contributed by atoms with E-state index in [1.807, 2.05) is 18.7 Å². The third-order valence-corrected chi connectivity index (χ3v) is 4.72. The Morgan fingerprint density at radius 2 is 1.83 bits per heavy atom. The Labute approximate surface area is 172 Å². The van der Waals surface area contributed by atoms with Crippen molar-refractivity contribution in [2.24, 2.45) is 5.73 Å². The van der Waals surface area contributed by atoms with Crippen LogP contribution in [0.25, 0.3) is 11.3 Å². The summed E-state index contributed by atoms with van der Waals surface area (Å²) in [6.07, 6.45) is 4.16. The molecule has 0 fully saturated rings. The third-order valence-electron chi connectivity index (χ3n) is 4.72. The van der Waals surface area contributed by atoms with Crippen LogP contribution in [0.5, 0.6) is 5.75 Å². The van der Waals surface area contributed by atoms with Crippen molar-refractivity contribution in [1.29, 1.82) is 0 Å². The summed E-state index contributed by atoms with van der Waals surface area (Å²) in [6, 6.07) is 3.02. The highest BCUT2D eigenvalue weighted by atomic mass is 19.1. The van der Waals surface area contributed by atoms with E-state index >= 15 is 0 Å². The van der Waals surface area contributed by atoms with Crippen molar-refractivity contribution in [3.8, 4) is 17.0 Å². The number of anilines is 3. The van der Waals surface area contributed by atoms with Crippen LogP contribution in [0.3, 0.4) is 0 Å².